The highest BCUT2D eigenvalue weighted by atomic mass is 35.7. The molecule has 0 heterocycles. The van der Waals surface area contributed by atoms with Gasteiger partial charge in [-0.3, -0.25) is 4.57 Å². The summed E-state index contributed by atoms with van der Waals surface area (Å²) in [4.78, 5) is 0. The molecule has 0 aromatic carbocycles. The topological polar surface area (TPSA) is 20.3 Å². The van der Waals surface area contributed by atoms with Crippen LogP contribution >= 0.6 is 17.9 Å². The van der Waals surface area contributed by atoms with Crippen LogP contribution in [-0.2, 0) is 4.57 Å². The zero-order valence-corrected chi connectivity index (χ0v) is 9.16. The number of nitrogens with zero attached hydrogens (tertiary/aromatic N) is 1. The third-order valence-electron chi connectivity index (χ3n) is 1.65. The average Bonchev–Trinajstić information content (AvgIpc) is 1.89. The fraction of sp³-hybridized carbons (Fsp3) is 1.00. The van der Waals surface area contributed by atoms with E-state index in [-0.39, 0.29) is 0 Å². The van der Waals surface area contributed by atoms with E-state index in [1.54, 1.807) is 0 Å². The first-order chi connectivity index (χ1) is 5.08. The summed E-state index contributed by atoms with van der Waals surface area (Å²) < 4.78 is 13.5. The first kappa shape index (κ1) is 11.5. The Labute approximate surface area is 74.1 Å². The molecule has 0 radical (unpaired) electrons. The van der Waals surface area contributed by atoms with Gasteiger partial charge in [-0.2, -0.15) is 0 Å². The predicted octanol–water partition coefficient (Wildman–Crippen LogP) is 3.17. The van der Waals surface area contributed by atoms with E-state index in [2.05, 4.69) is 0 Å². The van der Waals surface area contributed by atoms with E-state index < -0.39 is 6.65 Å². The van der Waals surface area contributed by atoms with Crippen LogP contribution in [0.15, 0.2) is 0 Å². The van der Waals surface area contributed by atoms with Crippen molar-refractivity contribution in [2.45, 2.75) is 27.2 Å². The van der Waals surface area contributed by atoms with Crippen molar-refractivity contribution in [2.75, 3.05) is 19.3 Å². The first-order valence-corrected chi connectivity index (χ1v) is 6.87. The molecule has 2 nitrogen and oxygen atoms in total. The highest BCUT2D eigenvalue weighted by Crippen LogP contribution is 2.54. The second kappa shape index (κ2) is 5.18. The van der Waals surface area contributed by atoms with Gasteiger partial charge in [0.05, 0.1) is 0 Å². The Morgan fingerprint density at radius 2 is 1.73 bits per heavy atom. The minimum atomic E-state index is -2.50. The molecule has 0 aromatic rings. The predicted molar refractivity (Wildman–Crippen MR) is 51.5 cm³/mol. The van der Waals surface area contributed by atoms with Gasteiger partial charge in [-0.1, -0.05) is 20.8 Å². The quantitative estimate of drug-likeness (QED) is 0.631. The summed E-state index contributed by atoms with van der Waals surface area (Å²) in [5, 5.41) is 0. The van der Waals surface area contributed by atoms with Crippen molar-refractivity contribution in [1.82, 2.24) is 4.67 Å². The van der Waals surface area contributed by atoms with Gasteiger partial charge in [-0.15, -0.1) is 0 Å². The third-order valence-corrected chi connectivity index (χ3v) is 5.21. The lowest BCUT2D eigenvalue weighted by atomic mass is 10.6. The fourth-order valence-corrected chi connectivity index (χ4v) is 3.89. The lowest BCUT2D eigenvalue weighted by Gasteiger charge is -2.23. The minimum absolute atomic E-state index is 0.621. The average molecular weight is 198 g/mol. The molecular formula is C7H17ClNOP. The Hall–Kier alpha value is 0.480. The Kier molecular flexibility index (Phi) is 5.41. The van der Waals surface area contributed by atoms with Gasteiger partial charge in [-0.05, 0) is 17.7 Å². The summed E-state index contributed by atoms with van der Waals surface area (Å²) in [6.07, 6.45) is 1.51. The Morgan fingerprint density at radius 1 is 1.27 bits per heavy atom. The second-order valence-corrected chi connectivity index (χ2v) is 6.31. The van der Waals surface area contributed by atoms with Gasteiger partial charge in [0.25, 0.3) is 0 Å². The van der Waals surface area contributed by atoms with Gasteiger partial charge < -0.3 is 0 Å². The molecule has 0 rings (SSSR count). The van der Waals surface area contributed by atoms with E-state index in [9.17, 15) is 4.57 Å². The molecule has 0 aliphatic rings. The van der Waals surface area contributed by atoms with Crippen molar-refractivity contribution in [3.8, 4) is 0 Å². The summed E-state index contributed by atoms with van der Waals surface area (Å²) in [5.41, 5.74) is 0. The van der Waals surface area contributed by atoms with Crippen molar-refractivity contribution in [3.05, 3.63) is 0 Å². The van der Waals surface area contributed by atoms with E-state index >= 15 is 0 Å². The lowest BCUT2D eigenvalue weighted by molar-refractivity contribution is 0.454. The molecule has 0 aliphatic carbocycles. The van der Waals surface area contributed by atoms with Crippen LogP contribution in [0, 0.1) is 0 Å². The molecule has 0 bridgehead atoms. The van der Waals surface area contributed by atoms with Crippen molar-refractivity contribution in [3.63, 3.8) is 0 Å². The van der Waals surface area contributed by atoms with E-state index in [1.807, 2.05) is 25.4 Å². The van der Waals surface area contributed by atoms with Crippen LogP contribution in [0.1, 0.15) is 27.2 Å². The van der Waals surface area contributed by atoms with Crippen LogP contribution in [0.25, 0.3) is 0 Å². The summed E-state index contributed by atoms with van der Waals surface area (Å²) in [5.74, 6) is 0. The molecule has 0 N–H and O–H groups in total. The van der Waals surface area contributed by atoms with Crippen LogP contribution in [0.5, 0.6) is 0 Å². The van der Waals surface area contributed by atoms with Crippen LogP contribution in [0.4, 0.5) is 0 Å². The number of halogens is 1. The largest absolute Gasteiger partial charge is 0.289 e. The van der Waals surface area contributed by atoms with Crippen molar-refractivity contribution in [1.29, 1.82) is 0 Å². The number of rotatable bonds is 5. The Morgan fingerprint density at radius 3 is 2.00 bits per heavy atom. The van der Waals surface area contributed by atoms with Crippen LogP contribution in [-0.4, -0.2) is 23.9 Å². The van der Waals surface area contributed by atoms with E-state index in [4.69, 9.17) is 11.2 Å². The maximum atomic E-state index is 11.7. The molecule has 0 spiro atoms. The van der Waals surface area contributed by atoms with Gasteiger partial charge in [0.1, 0.15) is 0 Å². The van der Waals surface area contributed by atoms with Crippen LogP contribution in [0.3, 0.4) is 0 Å². The Bertz CT molecular complexity index is 147. The van der Waals surface area contributed by atoms with E-state index in [1.165, 1.54) is 0 Å². The van der Waals surface area contributed by atoms with Crippen LogP contribution in [0.2, 0.25) is 0 Å². The van der Waals surface area contributed by atoms with Gasteiger partial charge >= 0.3 is 0 Å². The highest BCUT2D eigenvalue weighted by Gasteiger charge is 2.23. The van der Waals surface area contributed by atoms with Gasteiger partial charge in [0.15, 0.2) is 0 Å². The summed E-state index contributed by atoms with van der Waals surface area (Å²) in [6, 6.07) is 0. The zero-order chi connectivity index (χ0) is 8.91. The lowest BCUT2D eigenvalue weighted by Crippen LogP contribution is -2.18. The number of hydrogen-bond donors (Lipinski definition) is 0. The number of hydrogen-bond acceptors (Lipinski definition) is 1. The highest BCUT2D eigenvalue weighted by molar-refractivity contribution is 7.87. The molecule has 1 unspecified atom stereocenters. The third kappa shape index (κ3) is 3.59. The molecule has 4 heteroatoms. The molecule has 0 saturated heterocycles. The van der Waals surface area contributed by atoms with Gasteiger partial charge in [-0.25, -0.2) is 4.67 Å². The molecule has 11 heavy (non-hydrogen) atoms. The van der Waals surface area contributed by atoms with E-state index in [0.717, 1.165) is 19.5 Å². The summed E-state index contributed by atoms with van der Waals surface area (Å²) in [6.45, 7) is 5.01. The van der Waals surface area contributed by atoms with Crippen molar-refractivity contribution >= 4 is 17.9 Å². The molecule has 68 valence electrons. The van der Waals surface area contributed by atoms with Crippen molar-refractivity contribution < 1.29 is 4.57 Å². The maximum absolute atomic E-state index is 11.7. The first-order valence-electron chi connectivity index (χ1n) is 4.12. The molecular weight excluding hydrogens is 181 g/mol. The van der Waals surface area contributed by atoms with Gasteiger partial charge in [0.2, 0.25) is 6.65 Å². The smallest absolute Gasteiger partial charge is 0.234 e. The fourth-order valence-electron chi connectivity index (χ4n) is 1.06. The molecule has 1 atom stereocenters. The molecule has 0 saturated carbocycles. The monoisotopic (exact) mass is 197 g/mol. The standard InChI is InChI=1S/C7H17ClNOP/c1-4-7-11(8,10)9(5-2)6-3/h4-7H2,1-3H3. The maximum Gasteiger partial charge on any atom is 0.234 e. The SMILES string of the molecule is CCCP(=O)(Cl)N(CC)CC. The van der Waals surface area contributed by atoms with Gasteiger partial charge in [0, 0.05) is 19.3 Å². The Balaban J connectivity index is 4.13. The molecule has 0 aliphatic heterocycles. The summed E-state index contributed by atoms with van der Waals surface area (Å²) >= 11 is 5.88. The minimum Gasteiger partial charge on any atom is -0.289 e. The van der Waals surface area contributed by atoms with E-state index in [0.29, 0.717) is 6.16 Å². The summed E-state index contributed by atoms with van der Waals surface area (Å²) in [7, 11) is 0. The van der Waals surface area contributed by atoms with Crippen molar-refractivity contribution in [2.24, 2.45) is 0 Å². The van der Waals surface area contributed by atoms with Crippen LogP contribution < -0.4 is 0 Å². The second-order valence-electron chi connectivity index (χ2n) is 2.48. The molecule has 0 aromatic heterocycles. The zero-order valence-electron chi connectivity index (χ0n) is 7.51. The molecule has 0 fully saturated rings. The normalized spacial score (nSPS) is 16.8. The molecule has 0 amide bonds.